The number of likely N-dealkylation sites (tertiary alicyclic amines) is 1. The lowest BCUT2D eigenvalue weighted by Gasteiger charge is -2.37. The van der Waals surface area contributed by atoms with E-state index in [1.54, 1.807) is 20.0 Å². The van der Waals surface area contributed by atoms with Crippen LogP contribution in [-0.4, -0.2) is 79.4 Å². The van der Waals surface area contributed by atoms with Crippen molar-refractivity contribution in [2.45, 2.75) is 76.9 Å². The number of aryl methyl sites for hydroxylation is 1. The first-order valence-electron chi connectivity index (χ1n) is 15.8. The molecule has 4 N–H and O–H groups in total. The summed E-state index contributed by atoms with van der Waals surface area (Å²) in [5.74, 6) is 0.988. The fraction of sp³-hybridized carbons (Fsp3) is 0.594. The van der Waals surface area contributed by atoms with Gasteiger partial charge in [0.2, 0.25) is 11.6 Å². The molecule has 11 heteroatoms. The molecule has 5 heterocycles. The summed E-state index contributed by atoms with van der Waals surface area (Å²) in [6.07, 6.45) is 7.25. The van der Waals surface area contributed by atoms with E-state index in [4.69, 9.17) is 5.73 Å². The molecule has 232 valence electrons. The van der Waals surface area contributed by atoms with Gasteiger partial charge in [-0.25, -0.2) is 8.78 Å². The number of piperidine rings is 2. The second kappa shape index (κ2) is 12.7. The van der Waals surface area contributed by atoms with Gasteiger partial charge in [-0.15, -0.1) is 9.78 Å². The number of alkyl halides is 2. The summed E-state index contributed by atoms with van der Waals surface area (Å²) in [7, 11) is 1.61. The summed E-state index contributed by atoms with van der Waals surface area (Å²) >= 11 is 0. The summed E-state index contributed by atoms with van der Waals surface area (Å²) in [5, 5.41) is 7.26. The topological polar surface area (TPSA) is 96.9 Å². The third kappa shape index (κ3) is 5.81. The van der Waals surface area contributed by atoms with E-state index in [1.807, 2.05) is 11.0 Å². The zero-order chi connectivity index (χ0) is 30.1. The fourth-order valence-corrected chi connectivity index (χ4v) is 7.62. The number of carbonyl (C=O) groups is 1. The van der Waals surface area contributed by atoms with Crippen molar-refractivity contribution in [3.8, 4) is 0 Å². The maximum absolute atomic E-state index is 14.5. The van der Waals surface area contributed by atoms with Gasteiger partial charge in [0.05, 0.1) is 18.5 Å². The highest BCUT2D eigenvalue weighted by atomic mass is 19.3. The highest BCUT2D eigenvalue weighted by molar-refractivity contribution is 6.10. The first-order chi connectivity index (χ1) is 20.9. The number of nitrogens with one attached hydrogen (secondary N) is 2. The van der Waals surface area contributed by atoms with Crippen LogP contribution < -0.4 is 20.6 Å². The molecular weight excluding hydrogens is 550 g/mol. The molecule has 2 fully saturated rings. The van der Waals surface area contributed by atoms with Crippen molar-refractivity contribution < 1.29 is 18.3 Å². The van der Waals surface area contributed by atoms with Crippen LogP contribution in [0.25, 0.3) is 5.57 Å². The SMILES string of the molecule is CN=C/C(=C\N)c1cc2c(cc1C(F)F)N(c1[nH][n+](C3CCN(C4CCNCC4)CC3)c3c1CN(C(C)=O)CC3)CCC2. The number of hydrogen-bond acceptors (Lipinski definition) is 6. The molecule has 0 aliphatic carbocycles. The number of aromatic amines is 1. The van der Waals surface area contributed by atoms with Crippen LogP contribution in [0.2, 0.25) is 0 Å². The number of anilines is 2. The zero-order valence-corrected chi connectivity index (χ0v) is 25.4. The standard InChI is InChI=1S/C32H44F2N8O/c1-21(43)40-15-9-29-28(20-40)32(38-42(29)25-7-13-39(14-8-25)24-5-10-37-11-6-24)41-12-3-4-22-16-26(23(18-35)19-36-2)27(31(33)34)17-30(22)41/h16-19,24-25,31,37H,3-15,20H2,1-2H3,(H2,35,36)/p+1. The predicted octanol–water partition coefficient (Wildman–Crippen LogP) is 3.62. The van der Waals surface area contributed by atoms with Gasteiger partial charge >= 0.3 is 0 Å². The molecule has 1 amide bonds. The van der Waals surface area contributed by atoms with Crippen LogP contribution in [0.4, 0.5) is 20.3 Å². The number of halogens is 2. The van der Waals surface area contributed by atoms with Crippen LogP contribution in [0.15, 0.2) is 23.3 Å². The van der Waals surface area contributed by atoms with Crippen molar-refractivity contribution in [3.05, 3.63) is 46.3 Å². The Kier molecular flexibility index (Phi) is 8.81. The van der Waals surface area contributed by atoms with Gasteiger partial charge in [-0.3, -0.25) is 14.7 Å². The number of rotatable bonds is 6. The number of allylic oxidation sites excluding steroid dienone is 1. The van der Waals surface area contributed by atoms with Crippen LogP contribution >= 0.6 is 0 Å². The Labute approximate surface area is 252 Å². The summed E-state index contributed by atoms with van der Waals surface area (Å²) in [5.41, 5.74) is 10.9. The monoisotopic (exact) mass is 595 g/mol. The number of aromatic nitrogens is 2. The molecule has 2 aromatic rings. The van der Waals surface area contributed by atoms with E-state index in [9.17, 15) is 13.6 Å². The van der Waals surface area contributed by atoms with Crippen molar-refractivity contribution in [2.75, 3.05) is 51.2 Å². The van der Waals surface area contributed by atoms with Crippen LogP contribution in [0.3, 0.4) is 0 Å². The zero-order valence-electron chi connectivity index (χ0n) is 25.4. The van der Waals surface area contributed by atoms with Gasteiger partial charge in [0.1, 0.15) is 0 Å². The largest absolute Gasteiger partial charge is 0.404 e. The molecule has 4 aliphatic heterocycles. The fourth-order valence-electron chi connectivity index (χ4n) is 7.62. The number of nitrogens with two attached hydrogens (primary N) is 1. The molecule has 6 rings (SSSR count). The highest BCUT2D eigenvalue weighted by Gasteiger charge is 2.40. The highest BCUT2D eigenvalue weighted by Crippen LogP contribution is 2.41. The number of aliphatic imine (C=N–C) groups is 1. The van der Waals surface area contributed by atoms with Crippen molar-refractivity contribution in [2.24, 2.45) is 10.7 Å². The third-order valence-corrected chi connectivity index (χ3v) is 9.89. The average molecular weight is 596 g/mol. The van der Waals surface area contributed by atoms with Crippen molar-refractivity contribution >= 4 is 29.2 Å². The minimum Gasteiger partial charge on any atom is -0.404 e. The number of benzene rings is 1. The van der Waals surface area contributed by atoms with Crippen molar-refractivity contribution in [1.82, 2.24) is 20.2 Å². The Morgan fingerprint density at radius 3 is 2.56 bits per heavy atom. The summed E-state index contributed by atoms with van der Waals surface area (Å²) in [6, 6.07) is 4.52. The van der Waals surface area contributed by atoms with Crippen LogP contribution in [0.5, 0.6) is 0 Å². The maximum atomic E-state index is 14.5. The molecule has 0 atom stereocenters. The molecule has 1 aromatic heterocycles. The van der Waals surface area contributed by atoms with E-state index in [0.29, 0.717) is 42.9 Å². The molecule has 0 unspecified atom stereocenters. The smallest absolute Gasteiger partial charge is 0.264 e. The molecule has 1 aromatic carbocycles. The van der Waals surface area contributed by atoms with Crippen LogP contribution in [0.1, 0.15) is 79.4 Å². The maximum Gasteiger partial charge on any atom is 0.264 e. The van der Waals surface area contributed by atoms with Crippen LogP contribution in [-0.2, 0) is 24.2 Å². The lowest BCUT2D eigenvalue weighted by molar-refractivity contribution is -0.781. The lowest BCUT2D eigenvalue weighted by Crippen LogP contribution is -2.53. The van der Waals surface area contributed by atoms with E-state index < -0.39 is 6.43 Å². The van der Waals surface area contributed by atoms with Crippen LogP contribution in [0, 0.1) is 0 Å². The number of nitrogens with zero attached hydrogens (tertiary/aromatic N) is 5. The molecule has 0 bridgehead atoms. The number of carbonyl (C=O) groups excluding carboxylic acids is 1. The summed E-state index contributed by atoms with van der Waals surface area (Å²) < 4.78 is 31.4. The van der Waals surface area contributed by atoms with E-state index >= 15 is 0 Å². The number of amides is 1. The van der Waals surface area contributed by atoms with Gasteiger partial charge in [0, 0.05) is 88.3 Å². The molecule has 4 aliphatic rings. The van der Waals surface area contributed by atoms with Gasteiger partial charge in [0.15, 0.2) is 11.9 Å². The Morgan fingerprint density at radius 2 is 1.88 bits per heavy atom. The molecule has 0 saturated carbocycles. The summed E-state index contributed by atoms with van der Waals surface area (Å²) in [6.45, 7) is 7.91. The van der Waals surface area contributed by atoms with Gasteiger partial charge in [0.25, 0.3) is 6.43 Å². The minimum absolute atomic E-state index is 0.0498. The Balaban J connectivity index is 1.37. The lowest BCUT2D eigenvalue weighted by atomic mass is 9.92. The second-order valence-corrected chi connectivity index (χ2v) is 12.3. The van der Waals surface area contributed by atoms with Crippen molar-refractivity contribution in [3.63, 3.8) is 0 Å². The Bertz CT molecular complexity index is 1390. The van der Waals surface area contributed by atoms with E-state index in [2.05, 4.69) is 29.9 Å². The van der Waals surface area contributed by atoms with Gasteiger partial charge in [-0.2, -0.15) is 0 Å². The predicted molar refractivity (Wildman–Crippen MR) is 165 cm³/mol. The van der Waals surface area contributed by atoms with Gasteiger partial charge in [-0.05, 0) is 62.0 Å². The number of H-pyrrole nitrogens is 1. The van der Waals surface area contributed by atoms with Crippen molar-refractivity contribution in [1.29, 1.82) is 0 Å². The van der Waals surface area contributed by atoms with E-state index in [1.165, 1.54) is 31.0 Å². The molecule has 43 heavy (non-hydrogen) atoms. The normalized spacial score (nSPS) is 21.1. The van der Waals surface area contributed by atoms with Gasteiger partial charge in [-0.1, -0.05) is 0 Å². The van der Waals surface area contributed by atoms with E-state index in [-0.39, 0.29) is 11.5 Å². The molecular formula is C32H45F2N8O+. The number of hydrogen-bond donors (Lipinski definition) is 3. The Morgan fingerprint density at radius 1 is 1.12 bits per heavy atom. The van der Waals surface area contributed by atoms with Gasteiger partial charge < -0.3 is 20.9 Å². The second-order valence-electron chi connectivity index (χ2n) is 12.3. The molecule has 9 nitrogen and oxygen atoms in total. The minimum atomic E-state index is -2.66. The first-order valence-corrected chi connectivity index (χ1v) is 15.8. The third-order valence-electron chi connectivity index (χ3n) is 9.89. The molecule has 0 radical (unpaired) electrons. The Hall–Kier alpha value is -3.31. The van der Waals surface area contributed by atoms with E-state index in [0.717, 1.165) is 80.9 Å². The molecule has 2 saturated heterocycles. The average Bonchev–Trinajstić information content (AvgIpc) is 3.42. The number of fused-ring (bicyclic) bond motifs is 2. The quantitative estimate of drug-likeness (QED) is 0.350. The molecule has 0 spiro atoms. The summed E-state index contributed by atoms with van der Waals surface area (Å²) in [4.78, 5) is 23.2. The first kappa shape index (κ1) is 29.7.